The number of aromatic nitrogens is 2. The summed E-state index contributed by atoms with van der Waals surface area (Å²) in [5.74, 6) is -0.143. The van der Waals surface area contributed by atoms with Crippen LogP contribution in [0.3, 0.4) is 0 Å². The number of nitrogens with one attached hydrogen (secondary N) is 1. The Hall–Kier alpha value is -0.720. The fraction of sp³-hybridized carbons (Fsp3) is 0.727. The zero-order valence-electron chi connectivity index (χ0n) is 9.93. The van der Waals surface area contributed by atoms with Crippen molar-refractivity contribution in [2.24, 2.45) is 0 Å². The Bertz CT molecular complexity index is 452. The molecule has 98 valence electrons. The van der Waals surface area contributed by atoms with Gasteiger partial charge in [0.1, 0.15) is 0 Å². The highest BCUT2D eigenvalue weighted by Crippen LogP contribution is 2.27. The minimum absolute atomic E-state index is 0.143. The molecule has 18 heavy (non-hydrogen) atoms. The van der Waals surface area contributed by atoms with Crippen LogP contribution in [0.4, 0.5) is 0 Å². The number of hydrogen-bond acceptors (Lipinski definition) is 5. The van der Waals surface area contributed by atoms with E-state index in [0.29, 0.717) is 15.5 Å². The van der Waals surface area contributed by atoms with Gasteiger partial charge < -0.3 is 10.2 Å². The molecule has 1 aromatic heterocycles. The number of amides is 1. The van der Waals surface area contributed by atoms with Crippen LogP contribution in [0.5, 0.6) is 0 Å². The molecule has 2 fully saturated rings. The second kappa shape index (κ2) is 5.11. The molecular formula is C11H15ClN4OS. The van der Waals surface area contributed by atoms with E-state index < -0.39 is 0 Å². The Balaban J connectivity index is 1.58. The average molecular weight is 287 g/mol. The van der Waals surface area contributed by atoms with Crippen LogP contribution in [-0.2, 0) is 0 Å². The van der Waals surface area contributed by atoms with Gasteiger partial charge in [-0.25, -0.2) is 0 Å². The van der Waals surface area contributed by atoms with Crippen molar-refractivity contribution in [3.05, 3.63) is 9.47 Å². The van der Waals surface area contributed by atoms with Gasteiger partial charge in [-0.3, -0.25) is 4.79 Å². The third-order valence-corrected chi connectivity index (χ3v) is 4.77. The molecule has 5 nitrogen and oxygen atoms in total. The first-order valence-electron chi connectivity index (χ1n) is 6.26. The molecule has 2 aliphatic rings. The molecule has 0 aliphatic carbocycles. The molecule has 3 rings (SSSR count). The highest BCUT2D eigenvalue weighted by Gasteiger charge is 2.32. The van der Waals surface area contributed by atoms with E-state index in [9.17, 15) is 4.79 Å². The third kappa shape index (κ3) is 2.50. The molecule has 2 atom stereocenters. The maximum atomic E-state index is 11.9. The summed E-state index contributed by atoms with van der Waals surface area (Å²) in [5, 5.41) is 10.8. The number of fused-ring (bicyclic) bond motifs is 1. The number of hydrogen-bond donors (Lipinski definition) is 1. The smallest absolute Gasteiger partial charge is 0.282 e. The van der Waals surface area contributed by atoms with Crippen molar-refractivity contribution < 1.29 is 4.79 Å². The summed E-state index contributed by atoms with van der Waals surface area (Å²) in [5.41, 5.74) is 0. The van der Waals surface area contributed by atoms with Crippen LogP contribution in [0.25, 0.3) is 0 Å². The SMILES string of the molecule is O=C(NC1CCN2CCCC2C1)c1nnc(Cl)s1. The summed E-state index contributed by atoms with van der Waals surface area (Å²) < 4.78 is 0.311. The van der Waals surface area contributed by atoms with Crippen LogP contribution in [0, 0.1) is 0 Å². The highest BCUT2D eigenvalue weighted by molar-refractivity contribution is 7.17. The number of carbonyl (C=O) groups excluding carboxylic acids is 1. The first-order chi connectivity index (χ1) is 8.72. The van der Waals surface area contributed by atoms with Gasteiger partial charge in [-0.1, -0.05) is 11.3 Å². The van der Waals surface area contributed by atoms with E-state index in [-0.39, 0.29) is 11.9 Å². The van der Waals surface area contributed by atoms with Crippen molar-refractivity contribution >= 4 is 28.8 Å². The lowest BCUT2D eigenvalue weighted by atomic mass is 9.97. The lowest BCUT2D eigenvalue weighted by molar-refractivity contribution is 0.0895. The van der Waals surface area contributed by atoms with Crippen molar-refractivity contribution in [3.8, 4) is 0 Å². The van der Waals surface area contributed by atoms with Crippen LogP contribution in [0.15, 0.2) is 0 Å². The summed E-state index contributed by atoms with van der Waals surface area (Å²) in [7, 11) is 0. The van der Waals surface area contributed by atoms with Crippen LogP contribution >= 0.6 is 22.9 Å². The van der Waals surface area contributed by atoms with Gasteiger partial charge in [-0.05, 0) is 43.8 Å². The molecule has 0 saturated carbocycles. The molecule has 1 aromatic rings. The minimum atomic E-state index is -0.143. The normalized spacial score (nSPS) is 28.1. The fourth-order valence-electron chi connectivity index (χ4n) is 2.90. The monoisotopic (exact) mass is 286 g/mol. The fourth-order valence-corrected chi connectivity index (χ4v) is 3.63. The predicted molar refractivity (Wildman–Crippen MR) is 70.0 cm³/mol. The zero-order chi connectivity index (χ0) is 12.5. The number of carbonyl (C=O) groups is 1. The largest absolute Gasteiger partial charge is 0.347 e. The van der Waals surface area contributed by atoms with Gasteiger partial charge in [-0.15, -0.1) is 10.2 Å². The molecule has 3 heterocycles. The van der Waals surface area contributed by atoms with Crippen LogP contribution in [0.2, 0.25) is 4.47 Å². The molecule has 7 heteroatoms. The Morgan fingerprint density at radius 3 is 3.06 bits per heavy atom. The Labute approximate surface area is 115 Å². The van der Waals surface area contributed by atoms with E-state index in [1.807, 2.05) is 0 Å². The number of rotatable bonds is 2. The highest BCUT2D eigenvalue weighted by atomic mass is 35.5. The maximum Gasteiger partial charge on any atom is 0.282 e. The van der Waals surface area contributed by atoms with Gasteiger partial charge in [0.05, 0.1) is 0 Å². The van der Waals surface area contributed by atoms with Gasteiger partial charge in [0.25, 0.3) is 5.91 Å². The van der Waals surface area contributed by atoms with Crippen molar-refractivity contribution in [3.63, 3.8) is 0 Å². The summed E-state index contributed by atoms with van der Waals surface area (Å²) in [6.07, 6.45) is 4.63. The lowest BCUT2D eigenvalue weighted by Crippen LogP contribution is -2.47. The van der Waals surface area contributed by atoms with Gasteiger partial charge in [0, 0.05) is 18.6 Å². The van der Waals surface area contributed by atoms with Crippen molar-refractivity contribution in [2.75, 3.05) is 13.1 Å². The Morgan fingerprint density at radius 1 is 1.39 bits per heavy atom. The number of piperidine rings is 1. The van der Waals surface area contributed by atoms with Crippen LogP contribution in [0.1, 0.15) is 35.5 Å². The molecule has 0 radical (unpaired) electrons. The molecule has 0 spiro atoms. The number of halogens is 1. The van der Waals surface area contributed by atoms with Crippen LogP contribution < -0.4 is 5.32 Å². The molecule has 2 unspecified atom stereocenters. The average Bonchev–Trinajstić information content (AvgIpc) is 2.96. The van der Waals surface area contributed by atoms with Crippen LogP contribution in [-0.4, -0.2) is 46.2 Å². The molecule has 0 bridgehead atoms. The van der Waals surface area contributed by atoms with Gasteiger partial charge >= 0.3 is 0 Å². The summed E-state index contributed by atoms with van der Waals surface area (Å²) in [4.78, 5) is 14.5. The molecule has 2 aliphatic heterocycles. The van der Waals surface area contributed by atoms with E-state index in [0.717, 1.165) is 30.7 Å². The van der Waals surface area contributed by atoms with Gasteiger partial charge in [0.2, 0.25) is 9.47 Å². The maximum absolute atomic E-state index is 11.9. The van der Waals surface area contributed by atoms with E-state index in [2.05, 4.69) is 20.4 Å². The topological polar surface area (TPSA) is 58.1 Å². The quantitative estimate of drug-likeness (QED) is 0.896. The first-order valence-corrected chi connectivity index (χ1v) is 7.46. The van der Waals surface area contributed by atoms with Crippen molar-refractivity contribution in [1.82, 2.24) is 20.4 Å². The summed E-state index contributed by atoms with van der Waals surface area (Å²) in [6, 6.07) is 0.918. The second-order valence-electron chi connectivity index (χ2n) is 4.89. The van der Waals surface area contributed by atoms with Crippen molar-refractivity contribution in [2.45, 2.75) is 37.8 Å². The molecule has 1 N–H and O–H groups in total. The minimum Gasteiger partial charge on any atom is -0.347 e. The van der Waals surface area contributed by atoms with E-state index in [1.165, 1.54) is 19.4 Å². The second-order valence-corrected chi connectivity index (χ2v) is 6.45. The Morgan fingerprint density at radius 2 is 2.28 bits per heavy atom. The van der Waals surface area contributed by atoms with E-state index in [4.69, 9.17) is 11.6 Å². The van der Waals surface area contributed by atoms with Crippen molar-refractivity contribution in [1.29, 1.82) is 0 Å². The third-order valence-electron chi connectivity index (χ3n) is 3.75. The zero-order valence-corrected chi connectivity index (χ0v) is 11.5. The van der Waals surface area contributed by atoms with Gasteiger partial charge in [0.15, 0.2) is 0 Å². The van der Waals surface area contributed by atoms with Gasteiger partial charge in [-0.2, -0.15) is 0 Å². The lowest BCUT2D eigenvalue weighted by Gasteiger charge is -2.34. The molecule has 2 saturated heterocycles. The standard InChI is InChI=1S/C11H15ClN4OS/c12-11-15-14-10(18-11)9(17)13-7-3-5-16-4-1-2-8(16)6-7/h7-8H,1-6H2,(H,13,17). The molecular weight excluding hydrogens is 272 g/mol. The molecule has 0 aromatic carbocycles. The predicted octanol–water partition coefficient (Wildman–Crippen LogP) is 1.55. The van der Waals surface area contributed by atoms with E-state index >= 15 is 0 Å². The molecule has 1 amide bonds. The Kier molecular flexibility index (Phi) is 3.50. The summed E-state index contributed by atoms with van der Waals surface area (Å²) >= 11 is 6.80. The van der Waals surface area contributed by atoms with E-state index in [1.54, 1.807) is 0 Å². The summed E-state index contributed by atoms with van der Waals surface area (Å²) in [6.45, 7) is 2.31. The first kappa shape index (κ1) is 12.3. The number of nitrogens with zero attached hydrogens (tertiary/aromatic N) is 3.